The molecule has 3 nitrogen and oxygen atoms in total. The Hall–Kier alpha value is -0.640. The van der Waals surface area contributed by atoms with Crippen molar-refractivity contribution in [2.45, 2.75) is 52.0 Å². The van der Waals surface area contributed by atoms with E-state index in [4.69, 9.17) is 0 Å². The van der Waals surface area contributed by atoms with Crippen molar-refractivity contribution in [3.63, 3.8) is 0 Å². The average molecular weight is 225 g/mol. The zero-order chi connectivity index (χ0) is 10.8. The van der Waals surface area contributed by atoms with Crippen LogP contribution < -0.4 is 5.32 Å². The topological polar surface area (TPSA) is 37.8 Å². The zero-order valence-corrected chi connectivity index (χ0v) is 10.5. The van der Waals surface area contributed by atoms with Gasteiger partial charge in [-0.15, -0.1) is 0 Å². The van der Waals surface area contributed by atoms with Gasteiger partial charge in [-0.3, -0.25) is 0 Å². The van der Waals surface area contributed by atoms with Crippen LogP contribution in [0.4, 0.5) is 5.13 Å². The molecule has 1 atom stereocenters. The van der Waals surface area contributed by atoms with Gasteiger partial charge < -0.3 is 5.32 Å². The van der Waals surface area contributed by atoms with Crippen molar-refractivity contribution < 1.29 is 0 Å². The van der Waals surface area contributed by atoms with Crippen LogP contribution >= 0.6 is 11.5 Å². The van der Waals surface area contributed by atoms with Crippen LogP contribution in [0.2, 0.25) is 0 Å². The molecule has 15 heavy (non-hydrogen) atoms. The first kappa shape index (κ1) is 10.9. The molecule has 1 aliphatic carbocycles. The Balaban J connectivity index is 1.91. The summed E-state index contributed by atoms with van der Waals surface area (Å²) in [5.74, 6) is 2.23. The molecule has 84 valence electrons. The van der Waals surface area contributed by atoms with Crippen molar-refractivity contribution in [2.75, 3.05) is 5.32 Å². The summed E-state index contributed by atoms with van der Waals surface area (Å²) >= 11 is 1.49. The fourth-order valence-electron chi connectivity index (χ4n) is 1.78. The summed E-state index contributed by atoms with van der Waals surface area (Å²) in [4.78, 5) is 4.49. The molecule has 1 unspecified atom stereocenters. The van der Waals surface area contributed by atoms with E-state index < -0.39 is 0 Å². The highest BCUT2D eigenvalue weighted by Gasteiger charge is 2.24. The van der Waals surface area contributed by atoms with Gasteiger partial charge in [0.2, 0.25) is 5.13 Å². The molecule has 1 heterocycles. The first-order valence-electron chi connectivity index (χ1n) is 5.77. The lowest BCUT2D eigenvalue weighted by atomic mass is 9.80. The van der Waals surface area contributed by atoms with E-state index in [2.05, 4.69) is 35.4 Å². The van der Waals surface area contributed by atoms with Crippen molar-refractivity contribution in [3.05, 3.63) is 5.82 Å². The van der Waals surface area contributed by atoms with Crippen LogP contribution in [0.15, 0.2) is 0 Å². The largest absolute Gasteiger partial charge is 0.358 e. The predicted octanol–water partition coefficient (Wildman–Crippen LogP) is 3.26. The quantitative estimate of drug-likeness (QED) is 0.854. The molecule has 1 aromatic rings. The van der Waals surface area contributed by atoms with Gasteiger partial charge in [0.25, 0.3) is 0 Å². The second kappa shape index (κ2) is 4.47. The van der Waals surface area contributed by atoms with Crippen LogP contribution in [-0.2, 0) is 0 Å². The van der Waals surface area contributed by atoms with Gasteiger partial charge in [-0.25, -0.2) is 4.98 Å². The monoisotopic (exact) mass is 225 g/mol. The van der Waals surface area contributed by atoms with E-state index in [0.717, 1.165) is 16.9 Å². The van der Waals surface area contributed by atoms with Crippen molar-refractivity contribution in [1.29, 1.82) is 0 Å². The molecule has 0 amide bonds. The van der Waals surface area contributed by atoms with Crippen LogP contribution in [0.5, 0.6) is 0 Å². The molecule has 0 saturated heterocycles. The highest BCUT2D eigenvalue weighted by atomic mass is 32.1. The third-order valence-electron chi connectivity index (χ3n) is 3.17. The van der Waals surface area contributed by atoms with E-state index in [0.29, 0.717) is 12.0 Å². The number of nitrogens with zero attached hydrogens (tertiary/aromatic N) is 2. The summed E-state index contributed by atoms with van der Waals surface area (Å²) in [7, 11) is 0. The smallest absolute Gasteiger partial charge is 0.202 e. The Morgan fingerprint density at radius 3 is 2.53 bits per heavy atom. The number of nitrogens with one attached hydrogen (secondary N) is 1. The summed E-state index contributed by atoms with van der Waals surface area (Å²) in [5.41, 5.74) is 0. The fourth-order valence-corrected chi connectivity index (χ4v) is 2.59. The zero-order valence-electron chi connectivity index (χ0n) is 9.66. The summed E-state index contributed by atoms with van der Waals surface area (Å²) < 4.78 is 4.34. The maximum absolute atomic E-state index is 4.49. The fraction of sp³-hybridized carbons (Fsp3) is 0.818. The average Bonchev–Trinajstić information content (AvgIpc) is 2.48. The van der Waals surface area contributed by atoms with Gasteiger partial charge in [0.05, 0.1) is 0 Å². The number of hydrogen-bond acceptors (Lipinski definition) is 4. The highest BCUT2D eigenvalue weighted by molar-refractivity contribution is 7.09. The van der Waals surface area contributed by atoms with E-state index in [1.54, 1.807) is 0 Å². The third-order valence-corrected chi connectivity index (χ3v) is 3.83. The summed E-state index contributed by atoms with van der Waals surface area (Å²) in [6.07, 6.45) is 4.12. The van der Waals surface area contributed by atoms with Crippen LogP contribution in [0.3, 0.4) is 0 Å². The number of aromatic nitrogens is 2. The molecule has 1 aliphatic rings. The highest BCUT2D eigenvalue weighted by Crippen LogP contribution is 2.31. The predicted molar refractivity (Wildman–Crippen MR) is 64.4 cm³/mol. The van der Waals surface area contributed by atoms with Gasteiger partial charge >= 0.3 is 0 Å². The summed E-state index contributed by atoms with van der Waals surface area (Å²) in [6.45, 7) is 6.50. The molecular weight excluding hydrogens is 206 g/mol. The SMILES string of the molecule is CC(C)c1nsc(NC(C)C2CCC2)n1. The maximum atomic E-state index is 4.49. The van der Waals surface area contributed by atoms with Crippen molar-refractivity contribution in [2.24, 2.45) is 5.92 Å². The van der Waals surface area contributed by atoms with Gasteiger partial charge in [-0.2, -0.15) is 4.37 Å². The van der Waals surface area contributed by atoms with E-state index in [1.165, 1.54) is 30.8 Å². The Morgan fingerprint density at radius 2 is 2.07 bits per heavy atom. The molecule has 2 rings (SSSR count). The lowest BCUT2D eigenvalue weighted by molar-refractivity contribution is 0.285. The molecule has 1 N–H and O–H groups in total. The number of rotatable bonds is 4. The third kappa shape index (κ3) is 2.48. The summed E-state index contributed by atoms with van der Waals surface area (Å²) in [5, 5.41) is 4.45. The van der Waals surface area contributed by atoms with Crippen LogP contribution in [0, 0.1) is 5.92 Å². The second-order valence-corrected chi connectivity index (χ2v) is 5.49. The van der Waals surface area contributed by atoms with E-state index in [1.807, 2.05) is 0 Å². The van der Waals surface area contributed by atoms with Gasteiger partial charge in [0, 0.05) is 23.5 Å². The Morgan fingerprint density at radius 1 is 1.33 bits per heavy atom. The molecular formula is C11H19N3S. The maximum Gasteiger partial charge on any atom is 0.202 e. The lowest BCUT2D eigenvalue weighted by Crippen LogP contribution is -2.30. The van der Waals surface area contributed by atoms with Gasteiger partial charge in [-0.05, 0) is 25.7 Å². The molecule has 0 spiro atoms. The number of anilines is 1. The van der Waals surface area contributed by atoms with E-state index >= 15 is 0 Å². The van der Waals surface area contributed by atoms with Crippen molar-refractivity contribution in [3.8, 4) is 0 Å². The van der Waals surface area contributed by atoms with Gasteiger partial charge in [0.1, 0.15) is 5.82 Å². The van der Waals surface area contributed by atoms with Gasteiger partial charge in [-0.1, -0.05) is 20.3 Å². The van der Waals surface area contributed by atoms with Crippen LogP contribution in [0.25, 0.3) is 0 Å². The first-order chi connectivity index (χ1) is 7.16. The molecule has 4 heteroatoms. The molecule has 0 bridgehead atoms. The minimum Gasteiger partial charge on any atom is -0.358 e. The molecule has 1 fully saturated rings. The second-order valence-electron chi connectivity index (χ2n) is 4.74. The molecule has 1 aromatic heterocycles. The minimum absolute atomic E-state index is 0.427. The molecule has 0 aromatic carbocycles. The molecule has 0 aliphatic heterocycles. The molecule has 1 saturated carbocycles. The lowest BCUT2D eigenvalue weighted by Gasteiger charge is -2.31. The Labute approximate surface area is 95.5 Å². The van der Waals surface area contributed by atoms with Crippen molar-refractivity contribution in [1.82, 2.24) is 9.36 Å². The minimum atomic E-state index is 0.427. The van der Waals surface area contributed by atoms with Crippen LogP contribution in [-0.4, -0.2) is 15.4 Å². The van der Waals surface area contributed by atoms with Gasteiger partial charge in [0.15, 0.2) is 0 Å². The Kier molecular flexibility index (Phi) is 3.24. The van der Waals surface area contributed by atoms with Crippen molar-refractivity contribution >= 4 is 16.7 Å². The Bertz CT molecular complexity index is 317. The normalized spacial score (nSPS) is 18.9. The molecule has 0 radical (unpaired) electrons. The van der Waals surface area contributed by atoms with E-state index in [-0.39, 0.29) is 0 Å². The van der Waals surface area contributed by atoms with E-state index in [9.17, 15) is 0 Å². The first-order valence-corrected chi connectivity index (χ1v) is 6.54. The van der Waals surface area contributed by atoms with Crippen LogP contribution in [0.1, 0.15) is 51.8 Å². The summed E-state index contributed by atoms with van der Waals surface area (Å²) in [6, 6.07) is 0.548. The number of hydrogen-bond donors (Lipinski definition) is 1. The standard InChI is InChI=1S/C11H19N3S/c1-7(2)10-13-11(15-14-10)12-8(3)9-5-4-6-9/h7-9H,4-6H2,1-3H3,(H,12,13,14).